The standard InChI is InChI=1S/C13H16Cl2N2O3/c1-6(2)3-10(16)12(18)17-11-8(13(19)20)4-7(14)5-9(11)15/h4-6,10H,3,16H2,1-2H3,(H,17,18)(H,19,20). The van der Waals surface area contributed by atoms with Crippen LogP contribution in [-0.2, 0) is 4.79 Å². The number of rotatable bonds is 5. The number of carboxylic acid groups (broad SMARTS) is 1. The Morgan fingerprint density at radius 2 is 1.95 bits per heavy atom. The first-order chi connectivity index (χ1) is 9.22. The van der Waals surface area contributed by atoms with Gasteiger partial charge in [-0.3, -0.25) is 4.79 Å². The molecule has 0 spiro atoms. The average molecular weight is 319 g/mol. The second-order valence-corrected chi connectivity index (χ2v) is 5.68. The van der Waals surface area contributed by atoms with E-state index in [0.717, 1.165) is 0 Å². The highest BCUT2D eigenvalue weighted by atomic mass is 35.5. The van der Waals surface area contributed by atoms with Gasteiger partial charge in [0.2, 0.25) is 5.91 Å². The molecule has 5 nitrogen and oxygen atoms in total. The van der Waals surface area contributed by atoms with Gasteiger partial charge in [-0.2, -0.15) is 0 Å². The van der Waals surface area contributed by atoms with Crippen LogP contribution in [0.5, 0.6) is 0 Å². The topological polar surface area (TPSA) is 92.4 Å². The minimum absolute atomic E-state index is 0.00720. The van der Waals surface area contributed by atoms with E-state index in [2.05, 4.69) is 5.32 Å². The van der Waals surface area contributed by atoms with E-state index < -0.39 is 17.9 Å². The quantitative estimate of drug-likeness (QED) is 0.778. The van der Waals surface area contributed by atoms with Crippen molar-refractivity contribution in [2.24, 2.45) is 11.7 Å². The number of benzene rings is 1. The molecular formula is C13H16Cl2N2O3. The summed E-state index contributed by atoms with van der Waals surface area (Å²) in [6, 6.07) is 1.85. The molecule has 0 aliphatic carbocycles. The molecule has 1 amide bonds. The maximum atomic E-state index is 11.9. The maximum absolute atomic E-state index is 11.9. The number of hydrogen-bond acceptors (Lipinski definition) is 3. The van der Waals surface area contributed by atoms with Crippen LogP contribution < -0.4 is 11.1 Å². The van der Waals surface area contributed by atoms with E-state index in [1.54, 1.807) is 0 Å². The smallest absolute Gasteiger partial charge is 0.337 e. The zero-order valence-corrected chi connectivity index (χ0v) is 12.6. The average Bonchev–Trinajstić information content (AvgIpc) is 2.30. The number of carbonyl (C=O) groups is 2. The lowest BCUT2D eigenvalue weighted by Gasteiger charge is -2.16. The fourth-order valence-corrected chi connectivity index (χ4v) is 2.24. The molecule has 4 N–H and O–H groups in total. The van der Waals surface area contributed by atoms with Gasteiger partial charge in [-0.05, 0) is 24.5 Å². The Balaban J connectivity index is 3.03. The lowest BCUT2D eigenvalue weighted by molar-refractivity contribution is -0.117. The van der Waals surface area contributed by atoms with E-state index in [0.29, 0.717) is 6.42 Å². The fraction of sp³-hybridized carbons (Fsp3) is 0.385. The Kier molecular flexibility index (Phi) is 5.80. The van der Waals surface area contributed by atoms with Gasteiger partial charge in [0, 0.05) is 5.02 Å². The number of amides is 1. The van der Waals surface area contributed by atoms with Gasteiger partial charge in [0.25, 0.3) is 0 Å². The van der Waals surface area contributed by atoms with Crippen LogP contribution in [0.4, 0.5) is 5.69 Å². The lowest BCUT2D eigenvalue weighted by atomic mass is 10.0. The number of carboxylic acids is 1. The summed E-state index contributed by atoms with van der Waals surface area (Å²) >= 11 is 11.7. The summed E-state index contributed by atoms with van der Waals surface area (Å²) in [4.78, 5) is 23.1. The highest BCUT2D eigenvalue weighted by molar-refractivity contribution is 6.37. The van der Waals surface area contributed by atoms with Crippen molar-refractivity contribution in [3.8, 4) is 0 Å². The molecule has 0 aliphatic rings. The molecule has 20 heavy (non-hydrogen) atoms. The molecule has 0 aromatic heterocycles. The van der Waals surface area contributed by atoms with Crippen LogP contribution in [-0.4, -0.2) is 23.0 Å². The minimum atomic E-state index is -1.23. The molecule has 1 unspecified atom stereocenters. The zero-order chi connectivity index (χ0) is 15.4. The molecule has 0 saturated heterocycles. The Bertz CT molecular complexity index is 533. The van der Waals surface area contributed by atoms with E-state index >= 15 is 0 Å². The Morgan fingerprint density at radius 3 is 2.45 bits per heavy atom. The molecule has 1 aromatic rings. The molecule has 110 valence electrons. The lowest BCUT2D eigenvalue weighted by Crippen LogP contribution is -2.37. The summed E-state index contributed by atoms with van der Waals surface area (Å²) in [7, 11) is 0. The van der Waals surface area contributed by atoms with Crippen molar-refractivity contribution >= 4 is 40.8 Å². The first kappa shape index (κ1) is 16.8. The Labute approximate surface area is 127 Å². The molecule has 0 saturated carbocycles. The molecule has 0 aliphatic heterocycles. The van der Waals surface area contributed by atoms with E-state index in [4.69, 9.17) is 34.0 Å². The third-order valence-corrected chi connectivity index (χ3v) is 3.11. The first-order valence-electron chi connectivity index (χ1n) is 6.01. The van der Waals surface area contributed by atoms with E-state index in [1.165, 1.54) is 12.1 Å². The maximum Gasteiger partial charge on any atom is 0.337 e. The normalized spacial score (nSPS) is 12.3. The van der Waals surface area contributed by atoms with E-state index in [9.17, 15) is 9.59 Å². The van der Waals surface area contributed by atoms with Crippen molar-refractivity contribution < 1.29 is 14.7 Å². The second kappa shape index (κ2) is 6.92. The van der Waals surface area contributed by atoms with Crippen molar-refractivity contribution in [3.05, 3.63) is 27.7 Å². The molecule has 1 rings (SSSR count). The van der Waals surface area contributed by atoms with Crippen LogP contribution in [0.3, 0.4) is 0 Å². The van der Waals surface area contributed by atoms with Gasteiger partial charge in [-0.25, -0.2) is 4.79 Å². The molecular weight excluding hydrogens is 303 g/mol. The molecule has 1 atom stereocenters. The monoisotopic (exact) mass is 318 g/mol. The summed E-state index contributed by atoms with van der Waals surface area (Å²) in [5, 5.41) is 11.8. The van der Waals surface area contributed by atoms with Crippen molar-refractivity contribution in [2.45, 2.75) is 26.3 Å². The second-order valence-electron chi connectivity index (χ2n) is 4.84. The van der Waals surface area contributed by atoms with Crippen LogP contribution in [0.15, 0.2) is 12.1 Å². The Hall–Kier alpha value is -1.30. The molecule has 0 fully saturated rings. The summed E-state index contributed by atoms with van der Waals surface area (Å²) in [5.74, 6) is -1.47. The third-order valence-electron chi connectivity index (χ3n) is 2.60. The molecule has 0 radical (unpaired) electrons. The predicted octanol–water partition coefficient (Wildman–Crippen LogP) is 3.00. The first-order valence-corrected chi connectivity index (χ1v) is 6.76. The van der Waals surface area contributed by atoms with Gasteiger partial charge < -0.3 is 16.2 Å². The number of anilines is 1. The van der Waals surface area contributed by atoms with Gasteiger partial charge in [0.15, 0.2) is 0 Å². The van der Waals surface area contributed by atoms with Crippen LogP contribution in [0.2, 0.25) is 10.0 Å². The van der Waals surface area contributed by atoms with Gasteiger partial charge in [0.05, 0.1) is 22.3 Å². The Morgan fingerprint density at radius 1 is 1.35 bits per heavy atom. The van der Waals surface area contributed by atoms with Crippen molar-refractivity contribution in [1.29, 1.82) is 0 Å². The molecule has 0 bridgehead atoms. The van der Waals surface area contributed by atoms with Crippen molar-refractivity contribution in [3.63, 3.8) is 0 Å². The summed E-state index contributed by atoms with van der Waals surface area (Å²) in [5.41, 5.74) is 5.58. The SMILES string of the molecule is CC(C)CC(N)C(=O)Nc1c(Cl)cc(Cl)cc1C(=O)O. The number of nitrogens with two attached hydrogens (primary N) is 1. The van der Waals surface area contributed by atoms with Gasteiger partial charge in [-0.1, -0.05) is 37.0 Å². The number of halogens is 2. The fourth-order valence-electron chi connectivity index (χ4n) is 1.70. The number of aromatic carboxylic acids is 1. The van der Waals surface area contributed by atoms with Crippen LogP contribution in [0.1, 0.15) is 30.6 Å². The van der Waals surface area contributed by atoms with Crippen molar-refractivity contribution in [2.75, 3.05) is 5.32 Å². The summed E-state index contributed by atoms with van der Waals surface area (Å²) < 4.78 is 0. The van der Waals surface area contributed by atoms with Crippen molar-refractivity contribution in [1.82, 2.24) is 0 Å². The zero-order valence-electron chi connectivity index (χ0n) is 11.1. The van der Waals surface area contributed by atoms with Crippen LogP contribution in [0, 0.1) is 5.92 Å². The van der Waals surface area contributed by atoms with Crippen LogP contribution in [0.25, 0.3) is 0 Å². The number of nitrogens with one attached hydrogen (secondary N) is 1. The van der Waals surface area contributed by atoms with Gasteiger partial charge >= 0.3 is 5.97 Å². The highest BCUT2D eigenvalue weighted by Crippen LogP contribution is 2.30. The molecule has 1 aromatic carbocycles. The number of hydrogen-bond donors (Lipinski definition) is 3. The predicted molar refractivity (Wildman–Crippen MR) is 79.5 cm³/mol. The van der Waals surface area contributed by atoms with Crippen LogP contribution >= 0.6 is 23.2 Å². The van der Waals surface area contributed by atoms with E-state index in [-0.39, 0.29) is 27.2 Å². The minimum Gasteiger partial charge on any atom is -0.478 e. The largest absolute Gasteiger partial charge is 0.478 e. The van der Waals surface area contributed by atoms with E-state index in [1.807, 2.05) is 13.8 Å². The summed E-state index contributed by atoms with van der Waals surface area (Å²) in [6.07, 6.45) is 0.486. The third kappa shape index (κ3) is 4.37. The highest BCUT2D eigenvalue weighted by Gasteiger charge is 2.21. The molecule has 7 heteroatoms. The van der Waals surface area contributed by atoms with Gasteiger partial charge in [-0.15, -0.1) is 0 Å². The van der Waals surface area contributed by atoms with Gasteiger partial charge in [0.1, 0.15) is 0 Å². The number of carbonyl (C=O) groups excluding carboxylic acids is 1. The summed E-state index contributed by atoms with van der Waals surface area (Å²) in [6.45, 7) is 3.87. The molecule has 0 heterocycles.